The fourth-order valence-electron chi connectivity index (χ4n) is 4.66. The number of carbonyl (C=O) groups is 1. The van der Waals surface area contributed by atoms with E-state index in [1.54, 1.807) is 0 Å². The van der Waals surface area contributed by atoms with Gasteiger partial charge in [-0.2, -0.15) is 0 Å². The summed E-state index contributed by atoms with van der Waals surface area (Å²) in [5.41, 5.74) is 0.341. The summed E-state index contributed by atoms with van der Waals surface area (Å²) in [6, 6.07) is 0. The number of carbonyl (C=O) groups excluding carboxylic acids is 1. The normalized spacial score (nSPS) is 24.8. The molecule has 2 aliphatic heterocycles. The standard InChI is InChI=1S/C21H36N4O/c1-18(2)7-14-25-17-21(9-6-20(25)26)8-4-11-23(16-21)12-5-13-24-15-10-22-19(24)3/h10,15,18H,4-9,11-14,16-17H2,1-3H3. The average Bonchev–Trinajstić information content (AvgIpc) is 3.01. The third-order valence-electron chi connectivity index (χ3n) is 6.26. The molecule has 1 amide bonds. The molecule has 1 atom stereocenters. The highest BCUT2D eigenvalue weighted by Gasteiger charge is 2.41. The van der Waals surface area contributed by atoms with Crippen molar-refractivity contribution in [2.24, 2.45) is 11.3 Å². The Balaban J connectivity index is 1.51. The van der Waals surface area contributed by atoms with Crippen LogP contribution in [0.5, 0.6) is 0 Å². The minimum Gasteiger partial charge on any atom is -0.342 e. The second-order valence-electron chi connectivity index (χ2n) is 8.90. The summed E-state index contributed by atoms with van der Waals surface area (Å²) in [6.45, 7) is 13.1. The van der Waals surface area contributed by atoms with Crippen molar-refractivity contribution < 1.29 is 4.79 Å². The van der Waals surface area contributed by atoms with Gasteiger partial charge in [-0.25, -0.2) is 4.98 Å². The Morgan fingerprint density at radius 1 is 1.19 bits per heavy atom. The van der Waals surface area contributed by atoms with Crippen molar-refractivity contribution in [3.05, 3.63) is 18.2 Å². The molecule has 1 aromatic rings. The van der Waals surface area contributed by atoms with E-state index in [-0.39, 0.29) is 0 Å². The molecule has 3 rings (SSSR count). The van der Waals surface area contributed by atoms with Crippen molar-refractivity contribution in [1.29, 1.82) is 0 Å². The van der Waals surface area contributed by atoms with E-state index in [1.807, 2.05) is 6.20 Å². The predicted molar refractivity (Wildman–Crippen MR) is 105 cm³/mol. The molecule has 1 spiro atoms. The summed E-state index contributed by atoms with van der Waals surface area (Å²) >= 11 is 0. The van der Waals surface area contributed by atoms with Gasteiger partial charge in [-0.3, -0.25) is 4.79 Å². The molecular formula is C21H36N4O. The number of piperidine rings is 2. The third kappa shape index (κ3) is 4.87. The zero-order valence-corrected chi connectivity index (χ0v) is 16.9. The van der Waals surface area contributed by atoms with Crippen molar-refractivity contribution in [3.8, 4) is 0 Å². The highest BCUT2D eigenvalue weighted by Crippen LogP contribution is 2.39. The summed E-state index contributed by atoms with van der Waals surface area (Å²) in [7, 11) is 0. The summed E-state index contributed by atoms with van der Waals surface area (Å²) in [5, 5.41) is 0. The van der Waals surface area contributed by atoms with Gasteiger partial charge in [-0.05, 0) is 58.0 Å². The minimum atomic E-state index is 0.341. The molecule has 5 nitrogen and oxygen atoms in total. The fraction of sp³-hybridized carbons (Fsp3) is 0.810. The van der Waals surface area contributed by atoms with Crippen molar-refractivity contribution in [1.82, 2.24) is 19.4 Å². The maximum atomic E-state index is 12.4. The van der Waals surface area contributed by atoms with Crippen LogP contribution in [0.25, 0.3) is 0 Å². The molecule has 146 valence electrons. The van der Waals surface area contributed by atoms with Gasteiger partial charge in [0.1, 0.15) is 5.82 Å². The second kappa shape index (κ2) is 8.55. The van der Waals surface area contributed by atoms with E-state index >= 15 is 0 Å². The number of aromatic nitrogens is 2. The summed E-state index contributed by atoms with van der Waals surface area (Å²) in [6.07, 6.45) is 10.6. The van der Waals surface area contributed by atoms with Crippen LogP contribution in [0.2, 0.25) is 0 Å². The lowest BCUT2D eigenvalue weighted by atomic mass is 9.73. The maximum absolute atomic E-state index is 12.4. The van der Waals surface area contributed by atoms with Gasteiger partial charge in [-0.15, -0.1) is 0 Å². The number of hydrogen-bond acceptors (Lipinski definition) is 3. The quantitative estimate of drug-likeness (QED) is 0.749. The van der Waals surface area contributed by atoms with Gasteiger partial charge >= 0.3 is 0 Å². The van der Waals surface area contributed by atoms with E-state index in [9.17, 15) is 4.79 Å². The lowest BCUT2D eigenvalue weighted by molar-refractivity contribution is -0.139. The van der Waals surface area contributed by atoms with E-state index in [0.717, 1.165) is 51.3 Å². The highest BCUT2D eigenvalue weighted by atomic mass is 16.2. The molecule has 5 heteroatoms. The molecule has 3 heterocycles. The Kier molecular flexibility index (Phi) is 6.38. The van der Waals surface area contributed by atoms with Crippen LogP contribution in [-0.2, 0) is 11.3 Å². The van der Waals surface area contributed by atoms with Crippen LogP contribution in [0.15, 0.2) is 12.4 Å². The molecule has 0 aliphatic carbocycles. The number of hydrogen-bond donors (Lipinski definition) is 0. The monoisotopic (exact) mass is 360 g/mol. The van der Waals surface area contributed by atoms with Crippen molar-refractivity contribution in [3.63, 3.8) is 0 Å². The first-order chi connectivity index (χ1) is 12.5. The van der Waals surface area contributed by atoms with E-state index in [4.69, 9.17) is 0 Å². The Labute approximate surface area is 158 Å². The van der Waals surface area contributed by atoms with Gasteiger partial charge in [0.05, 0.1) is 0 Å². The lowest BCUT2D eigenvalue weighted by Gasteiger charge is -2.48. The molecule has 1 unspecified atom stereocenters. The molecule has 0 saturated carbocycles. The first-order valence-corrected chi connectivity index (χ1v) is 10.5. The van der Waals surface area contributed by atoms with Gasteiger partial charge < -0.3 is 14.4 Å². The first kappa shape index (κ1) is 19.4. The van der Waals surface area contributed by atoms with E-state index in [2.05, 4.69) is 46.3 Å². The van der Waals surface area contributed by atoms with E-state index < -0.39 is 0 Å². The highest BCUT2D eigenvalue weighted by molar-refractivity contribution is 5.77. The minimum absolute atomic E-state index is 0.341. The summed E-state index contributed by atoms with van der Waals surface area (Å²) in [5.74, 6) is 2.14. The van der Waals surface area contributed by atoms with Crippen LogP contribution in [0.3, 0.4) is 0 Å². The molecule has 0 aromatic carbocycles. The number of rotatable bonds is 7. The first-order valence-electron chi connectivity index (χ1n) is 10.5. The molecule has 2 saturated heterocycles. The zero-order chi connectivity index (χ0) is 18.6. The van der Waals surface area contributed by atoms with Crippen LogP contribution < -0.4 is 0 Å². The topological polar surface area (TPSA) is 41.4 Å². The van der Waals surface area contributed by atoms with Crippen LogP contribution in [0.1, 0.15) is 58.2 Å². The molecule has 26 heavy (non-hydrogen) atoms. The number of aryl methyl sites for hydroxylation is 2. The van der Waals surface area contributed by atoms with Crippen molar-refractivity contribution in [2.45, 2.75) is 65.8 Å². The molecule has 1 aromatic heterocycles. The van der Waals surface area contributed by atoms with Gasteiger partial charge in [-0.1, -0.05) is 13.8 Å². The molecule has 2 fully saturated rings. The summed E-state index contributed by atoms with van der Waals surface area (Å²) < 4.78 is 2.24. The zero-order valence-electron chi connectivity index (χ0n) is 16.9. The van der Waals surface area contributed by atoms with Gasteiger partial charge in [0.15, 0.2) is 0 Å². The Morgan fingerprint density at radius 2 is 2.04 bits per heavy atom. The SMILES string of the molecule is Cc1nccn1CCCN1CCCC2(CCC(=O)N(CCC(C)C)C2)C1. The largest absolute Gasteiger partial charge is 0.342 e. The van der Waals surface area contributed by atoms with E-state index in [0.29, 0.717) is 17.2 Å². The Bertz CT molecular complexity index is 597. The fourth-order valence-corrected chi connectivity index (χ4v) is 4.66. The number of nitrogens with zero attached hydrogens (tertiary/aromatic N) is 4. The molecule has 0 bridgehead atoms. The van der Waals surface area contributed by atoms with Crippen LogP contribution in [0.4, 0.5) is 0 Å². The van der Waals surface area contributed by atoms with Gasteiger partial charge in [0.25, 0.3) is 0 Å². The van der Waals surface area contributed by atoms with Crippen LogP contribution in [0, 0.1) is 18.3 Å². The van der Waals surface area contributed by atoms with Crippen LogP contribution >= 0.6 is 0 Å². The molecule has 0 N–H and O–H groups in total. The average molecular weight is 361 g/mol. The smallest absolute Gasteiger partial charge is 0.222 e. The van der Waals surface area contributed by atoms with E-state index in [1.165, 1.54) is 32.4 Å². The Hall–Kier alpha value is -1.36. The lowest BCUT2D eigenvalue weighted by Crippen LogP contribution is -2.54. The van der Waals surface area contributed by atoms with Crippen molar-refractivity contribution in [2.75, 3.05) is 32.7 Å². The van der Waals surface area contributed by atoms with Gasteiger partial charge in [0.2, 0.25) is 5.91 Å². The van der Waals surface area contributed by atoms with Crippen LogP contribution in [-0.4, -0.2) is 58.0 Å². The number of likely N-dealkylation sites (tertiary alicyclic amines) is 2. The second-order valence-corrected chi connectivity index (χ2v) is 8.90. The van der Waals surface area contributed by atoms with Gasteiger partial charge in [0, 0.05) is 50.4 Å². The Morgan fingerprint density at radius 3 is 2.77 bits per heavy atom. The number of amides is 1. The van der Waals surface area contributed by atoms with Crippen molar-refractivity contribution >= 4 is 5.91 Å². The maximum Gasteiger partial charge on any atom is 0.222 e. The molecule has 2 aliphatic rings. The third-order valence-corrected chi connectivity index (χ3v) is 6.26. The predicted octanol–water partition coefficient (Wildman–Crippen LogP) is 3.33. The summed E-state index contributed by atoms with van der Waals surface area (Å²) in [4.78, 5) is 21.5. The number of imidazole rings is 1. The molecule has 0 radical (unpaired) electrons. The molecular weight excluding hydrogens is 324 g/mol.